The van der Waals surface area contributed by atoms with Gasteiger partial charge in [0.2, 0.25) is 0 Å². The number of amides is 1. The molecular formula is C20H15ClFNO3. The molecule has 6 heteroatoms. The molecule has 1 aliphatic rings. The first-order valence-electron chi connectivity index (χ1n) is 7.79. The first kappa shape index (κ1) is 17.9. The van der Waals surface area contributed by atoms with Gasteiger partial charge in [-0.3, -0.25) is 9.69 Å². The maximum atomic E-state index is 13.2. The summed E-state index contributed by atoms with van der Waals surface area (Å²) in [7, 11) is 1.25. The topological polar surface area (TPSA) is 46.6 Å². The fourth-order valence-corrected chi connectivity index (χ4v) is 3.04. The van der Waals surface area contributed by atoms with Crippen LogP contribution in [0.25, 0.3) is 6.08 Å². The number of hydrogen-bond donors (Lipinski definition) is 0. The Morgan fingerprint density at radius 1 is 1.19 bits per heavy atom. The number of halogens is 2. The van der Waals surface area contributed by atoms with Crippen LogP contribution in [-0.2, 0) is 14.3 Å². The van der Waals surface area contributed by atoms with E-state index in [1.165, 1.54) is 36.3 Å². The Morgan fingerprint density at radius 3 is 2.50 bits per heavy atom. The van der Waals surface area contributed by atoms with E-state index in [1.807, 2.05) is 0 Å². The standard InChI is InChI=1S/C20H15ClFNO3/c1-12-18(20(25)26-2)17(11-13-4-3-5-14(21)10-13)19(24)23(12)16-8-6-15(22)7-9-16/h3-11H,1-2H3/b17-11-. The third-order valence-electron chi connectivity index (χ3n) is 4.03. The normalized spacial score (nSPS) is 15.8. The van der Waals surface area contributed by atoms with E-state index < -0.39 is 17.7 Å². The molecule has 0 fully saturated rings. The van der Waals surface area contributed by atoms with E-state index in [9.17, 15) is 14.0 Å². The molecule has 0 saturated heterocycles. The Bertz CT molecular complexity index is 948. The molecule has 2 aromatic carbocycles. The number of methoxy groups -OCH3 is 1. The van der Waals surface area contributed by atoms with Crippen molar-refractivity contribution in [3.63, 3.8) is 0 Å². The molecule has 0 atom stereocenters. The van der Waals surface area contributed by atoms with Crippen LogP contribution in [-0.4, -0.2) is 19.0 Å². The lowest BCUT2D eigenvalue weighted by molar-refractivity contribution is -0.136. The fraction of sp³-hybridized carbons (Fsp3) is 0.100. The summed E-state index contributed by atoms with van der Waals surface area (Å²) in [6, 6.07) is 12.4. The number of carbonyl (C=O) groups is 2. The van der Waals surface area contributed by atoms with Gasteiger partial charge in [-0.15, -0.1) is 0 Å². The van der Waals surface area contributed by atoms with Gasteiger partial charge in [-0.05, 0) is 55.0 Å². The van der Waals surface area contributed by atoms with Gasteiger partial charge in [-0.25, -0.2) is 9.18 Å². The van der Waals surface area contributed by atoms with Gasteiger partial charge in [0, 0.05) is 16.4 Å². The lowest BCUT2D eigenvalue weighted by Gasteiger charge is -2.17. The smallest absolute Gasteiger partial charge is 0.340 e. The molecule has 26 heavy (non-hydrogen) atoms. The molecule has 1 heterocycles. The van der Waals surface area contributed by atoms with E-state index in [-0.39, 0.29) is 11.1 Å². The average molecular weight is 372 g/mol. The zero-order chi connectivity index (χ0) is 18.8. The second kappa shape index (κ2) is 7.14. The summed E-state index contributed by atoms with van der Waals surface area (Å²) in [5.41, 5.74) is 1.92. The van der Waals surface area contributed by atoms with Crippen LogP contribution >= 0.6 is 11.6 Å². The van der Waals surface area contributed by atoms with Crippen LogP contribution in [0.3, 0.4) is 0 Å². The minimum Gasteiger partial charge on any atom is -0.465 e. The monoisotopic (exact) mass is 371 g/mol. The van der Waals surface area contributed by atoms with Crippen molar-refractivity contribution in [3.8, 4) is 0 Å². The number of esters is 1. The Morgan fingerprint density at radius 2 is 1.88 bits per heavy atom. The van der Waals surface area contributed by atoms with Crippen molar-refractivity contribution in [1.29, 1.82) is 0 Å². The van der Waals surface area contributed by atoms with Crippen LogP contribution in [0.4, 0.5) is 10.1 Å². The van der Waals surface area contributed by atoms with E-state index in [1.54, 1.807) is 37.3 Å². The summed E-state index contributed by atoms with van der Waals surface area (Å²) >= 11 is 6.00. The molecule has 0 saturated carbocycles. The van der Waals surface area contributed by atoms with Crippen LogP contribution < -0.4 is 4.90 Å². The Labute approximate surface area is 155 Å². The van der Waals surface area contributed by atoms with Gasteiger partial charge in [-0.2, -0.15) is 0 Å². The minimum atomic E-state index is -0.617. The second-order valence-electron chi connectivity index (χ2n) is 5.68. The Kier molecular flexibility index (Phi) is 4.91. The highest BCUT2D eigenvalue weighted by atomic mass is 35.5. The largest absolute Gasteiger partial charge is 0.465 e. The van der Waals surface area contributed by atoms with Gasteiger partial charge in [0.1, 0.15) is 5.82 Å². The molecule has 0 unspecified atom stereocenters. The number of hydrogen-bond acceptors (Lipinski definition) is 3. The molecule has 132 valence electrons. The van der Waals surface area contributed by atoms with Gasteiger partial charge < -0.3 is 4.74 Å². The van der Waals surface area contributed by atoms with Crippen molar-refractivity contribution in [2.75, 3.05) is 12.0 Å². The summed E-state index contributed by atoms with van der Waals surface area (Å²) in [6.45, 7) is 1.65. The number of allylic oxidation sites excluding steroid dienone is 1. The zero-order valence-electron chi connectivity index (χ0n) is 14.1. The molecule has 0 aliphatic carbocycles. The Hall–Kier alpha value is -2.92. The van der Waals surface area contributed by atoms with Crippen LogP contribution in [0.1, 0.15) is 12.5 Å². The van der Waals surface area contributed by atoms with E-state index >= 15 is 0 Å². The molecule has 0 bridgehead atoms. The highest BCUT2D eigenvalue weighted by Gasteiger charge is 2.37. The second-order valence-corrected chi connectivity index (χ2v) is 6.12. The van der Waals surface area contributed by atoms with E-state index in [0.29, 0.717) is 22.0 Å². The number of ether oxygens (including phenoxy) is 1. The predicted octanol–water partition coefficient (Wildman–Crippen LogP) is 4.36. The van der Waals surface area contributed by atoms with Crippen molar-refractivity contribution in [3.05, 3.63) is 81.8 Å². The fourth-order valence-electron chi connectivity index (χ4n) is 2.84. The van der Waals surface area contributed by atoms with Crippen LogP contribution in [0.2, 0.25) is 5.02 Å². The molecule has 2 aromatic rings. The average Bonchev–Trinajstić information content (AvgIpc) is 2.86. The highest BCUT2D eigenvalue weighted by molar-refractivity contribution is 6.30. The number of nitrogens with zero attached hydrogens (tertiary/aromatic N) is 1. The molecule has 0 radical (unpaired) electrons. The molecule has 0 spiro atoms. The van der Waals surface area contributed by atoms with Gasteiger partial charge in [0.25, 0.3) is 5.91 Å². The third kappa shape index (κ3) is 3.26. The van der Waals surface area contributed by atoms with Crippen LogP contribution in [0.15, 0.2) is 65.4 Å². The lowest BCUT2D eigenvalue weighted by Crippen LogP contribution is -2.24. The quantitative estimate of drug-likeness (QED) is 0.595. The molecule has 0 N–H and O–H groups in total. The number of anilines is 1. The molecule has 3 rings (SSSR count). The SMILES string of the molecule is COC(=O)C1=C(C)N(c2ccc(F)cc2)C(=O)/C1=C\c1cccc(Cl)c1. The maximum Gasteiger partial charge on any atom is 0.340 e. The summed E-state index contributed by atoms with van der Waals surface area (Å²) in [5, 5.41) is 0.514. The third-order valence-corrected chi connectivity index (χ3v) is 4.27. The van der Waals surface area contributed by atoms with Crippen molar-refractivity contribution in [1.82, 2.24) is 0 Å². The molecule has 0 aromatic heterocycles. The van der Waals surface area contributed by atoms with Gasteiger partial charge in [0.15, 0.2) is 0 Å². The first-order valence-corrected chi connectivity index (χ1v) is 8.17. The van der Waals surface area contributed by atoms with E-state index in [2.05, 4.69) is 0 Å². The molecule has 1 aliphatic heterocycles. The van der Waals surface area contributed by atoms with Crippen molar-refractivity contribution in [2.45, 2.75) is 6.92 Å². The number of rotatable bonds is 3. The summed E-state index contributed by atoms with van der Waals surface area (Å²) in [5.74, 6) is -1.42. The summed E-state index contributed by atoms with van der Waals surface area (Å²) in [6.07, 6.45) is 1.59. The van der Waals surface area contributed by atoms with Crippen LogP contribution in [0, 0.1) is 5.82 Å². The van der Waals surface area contributed by atoms with Gasteiger partial charge >= 0.3 is 5.97 Å². The van der Waals surface area contributed by atoms with Crippen LogP contribution in [0.5, 0.6) is 0 Å². The number of carbonyl (C=O) groups excluding carboxylic acids is 2. The maximum absolute atomic E-state index is 13.2. The molecule has 1 amide bonds. The molecular weight excluding hydrogens is 357 g/mol. The van der Waals surface area contributed by atoms with E-state index in [0.717, 1.165) is 0 Å². The van der Waals surface area contributed by atoms with Gasteiger partial charge in [0.05, 0.1) is 18.3 Å². The minimum absolute atomic E-state index is 0.168. The summed E-state index contributed by atoms with van der Waals surface area (Å²) < 4.78 is 18.1. The Balaban J connectivity index is 2.13. The van der Waals surface area contributed by atoms with Crippen molar-refractivity contribution >= 4 is 35.2 Å². The van der Waals surface area contributed by atoms with E-state index in [4.69, 9.17) is 16.3 Å². The molecule has 4 nitrogen and oxygen atoms in total. The van der Waals surface area contributed by atoms with Crippen molar-refractivity contribution < 1.29 is 18.7 Å². The summed E-state index contributed by atoms with van der Waals surface area (Å²) in [4.78, 5) is 26.6. The van der Waals surface area contributed by atoms with Crippen molar-refractivity contribution in [2.24, 2.45) is 0 Å². The zero-order valence-corrected chi connectivity index (χ0v) is 14.9. The lowest BCUT2D eigenvalue weighted by atomic mass is 10.0. The van der Waals surface area contributed by atoms with Gasteiger partial charge in [-0.1, -0.05) is 23.7 Å². The number of benzene rings is 2. The highest BCUT2D eigenvalue weighted by Crippen LogP contribution is 2.35. The predicted molar refractivity (Wildman–Crippen MR) is 98.0 cm³/mol. The first-order chi connectivity index (χ1) is 12.4.